The molecule has 0 bridgehead atoms. The molecule has 3 heteroatoms. The number of nitrogens with zero attached hydrogens (tertiary/aromatic N) is 1. The van der Waals surface area contributed by atoms with Gasteiger partial charge in [-0.2, -0.15) is 0 Å². The van der Waals surface area contributed by atoms with E-state index in [-0.39, 0.29) is 6.61 Å². The van der Waals surface area contributed by atoms with E-state index in [9.17, 15) is 0 Å². The molecule has 0 atom stereocenters. The van der Waals surface area contributed by atoms with E-state index >= 15 is 0 Å². The first kappa shape index (κ1) is 13.1. The summed E-state index contributed by atoms with van der Waals surface area (Å²) in [7, 11) is 0. The van der Waals surface area contributed by atoms with E-state index in [1.165, 1.54) is 44.1 Å². The Kier molecular flexibility index (Phi) is 5.01. The van der Waals surface area contributed by atoms with Gasteiger partial charge in [0.1, 0.15) is 0 Å². The summed E-state index contributed by atoms with van der Waals surface area (Å²) in [6, 6.07) is 1.43. The molecule has 0 aliphatic heterocycles. The fraction of sp³-hybridized carbons (Fsp3) is 0.857. The van der Waals surface area contributed by atoms with Crippen LogP contribution in [0.4, 0.5) is 0 Å². The topological polar surface area (TPSA) is 35.5 Å². The Labute approximate surface area is 105 Å². The average Bonchev–Trinajstić information content (AvgIpc) is 2.99. The molecule has 0 radical (unpaired) electrons. The molecule has 98 valence electrons. The van der Waals surface area contributed by atoms with Crippen LogP contribution in [0.2, 0.25) is 0 Å². The van der Waals surface area contributed by atoms with E-state index in [1.54, 1.807) is 0 Å². The summed E-state index contributed by atoms with van der Waals surface area (Å²) < 4.78 is 0. The Morgan fingerprint density at radius 3 is 2.53 bits per heavy atom. The van der Waals surface area contributed by atoms with Gasteiger partial charge in [0, 0.05) is 31.7 Å². The lowest BCUT2D eigenvalue weighted by atomic mass is 10.1. The Bertz CT molecular complexity index is 245. The standard InChI is InChI=1S/C14H26N2O/c1-12(10-15-13-6-7-13)11-16(8-9-17)14-4-2-3-5-14/h13-15,17H,1-11H2. The first-order valence-electron chi connectivity index (χ1n) is 7.04. The molecule has 0 aromatic heterocycles. The number of nitrogens with one attached hydrogen (secondary N) is 1. The van der Waals surface area contributed by atoms with Crippen LogP contribution >= 0.6 is 0 Å². The highest BCUT2D eigenvalue weighted by atomic mass is 16.3. The number of rotatable bonds is 8. The highest BCUT2D eigenvalue weighted by molar-refractivity contribution is 5.02. The van der Waals surface area contributed by atoms with Crippen LogP contribution in [0, 0.1) is 0 Å². The van der Waals surface area contributed by atoms with Gasteiger partial charge in [-0.1, -0.05) is 19.4 Å². The van der Waals surface area contributed by atoms with Gasteiger partial charge in [0.05, 0.1) is 6.61 Å². The molecule has 0 saturated heterocycles. The summed E-state index contributed by atoms with van der Waals surface area (Å²) in [4.78, 5) is 2.42. The van der Waals surface area contributed by atoms with Gasteiger partial charge in [0.25, 0.3) is 0 Å². The molecule has 2 rings (SSSR count). The maximum Gasteiger partial charge on any atom is 0.0558 e. The van der Waals surface area contributed by atoms with Gasteiger partial charge in [-0.25, -0.2) is 0 Å². The average molecular weight is 238 g/mol. The zero-order valence-corrected chi connectivity index (χ0v) is 10.8. The van der Waals surface area contributed by atoms with E-state index < -0.39 is 0 Å². The summed E-state index contributed by atoms with van der Waals surface area (Å²) in [5.41, 5.74) is 1.26. The van der Waals surface area contributed by atoms with E-state index in [4.69, 9.17) is 5.11 Å². The number of aliphatic hydroxyl groups excluding tert-OH is 1. The summed E-state index contributed by atoms with van der Waals surface area (Å²) in [6.45, 7) is 7.12. The summed E-state index contributed by atoms with van der Waals surface area (Å²) in [6.07, 6.45) is 7.94. The van der Waals surface area contributed by atoms with Crippen LogP contribution in [-0.4, -0.2) is 48.3 Å². The monoisotopic (exact) mass is 238 g/mol. The highest BCUT2D eigenvalue weighted by Gasteiger charge is 2.23. The van der Waals surface area contributed by atoms with Crippen molar-refractivity contribution >= 4 is 0 Å². The van der Waals surface area contributed by atoms with E-state index in [0.717, 1.165) is 25.7 Å². The lowest BCUT2D eigenvalue weighted by Gasteiger charge is -2.29. The molecule has 17 heavy (non-hydrogen) atoms. The minimum Gasteiger partial charge on any atom is -0.395 e. The Balaban J connectivity index is 1.72. The minimum atomic E-state index is 0.264. The van der Waals surface area contributed by atoms with E-state index in [2.05, 4.69) is 16.8 Å². The van der Waals surface area contributed by atoms with Gasteiger partial charge in [-0.15, -0.1) is 0 Å². The van der Waals surface area contributed by atoms with Gasteiger partial charge in [-0.05, 0) is 31.3 Å². The largest absolute Gasteiger partial charge is 0.395 e. The maximum atomic E-state index is 9.15. The summed E-state index contributed by atoms with van der Waals surface area (Å²) >= 11 is 0. The predicted molar refractivity (Wildman–Crippen MR) is 71.1 cm³/mol. The van der Waals surface area contributed by atoms with Crippen LogP contribution in [0.3, 0.4) is 0 Å². The second kappa shape index (κ2) is 6.53. The van der Waals surface area contributed by atoms with Crippen molar-refractivity contribution in [2.24, 2.45) is 0 Å². The molecular weight excluding hydrogens is 212 g/mol. The van der Waals surface area contributed by atoms with Crippen LogP contribution in [0.15, 0.2) is 12.2 Å². The van der Waals surface area contributed by atoms with Crippen LogP contribution in [-0.2, 0) is 0 Å². The SMILES string of the molecule is C=C(CNC1CC1)CN(CCO)C1CCCC1. The van der Waals surface area contributed by atoms with Crippen molar-refractivity contribution in [2.45, 2.75) is 50.6 Å². The first-order valence-corrected chi connectivity index (χ1v) is 7.04. The Morgan fingerprint density at radius 1 is 1.24 bits per heavy atom. The lowest BCUT2D eigenvalue weighted by Crippen LogP contribution is -2.38. The zero-order chi connectivity index (χ0) is 12.1. The molecule has 2 N–H and O–H groups in total. The quantitative estimate of drug-likeness (QED) is 0.630. The van der Waals surface area contributed by atoms with Crippen molar-refractivity contribution in [3.8, 4) is 0 Å². The molecule has 2 saturated carbocycles. The number of aliphatic hydroxyl groups is 1. The number of hydrogen-bond donors (Lipinski definition) is 2. The molecule has 3 nitrogen and oxygen atoms in total. The third-order valence-electron chi connectivity index (χ3n) is 3.87. The molecule has 0 heterocycles. The predicted octanol–water partition coefficient (Wildman–Crippen LogP) is 1.53. The molecule has 2 fully saturated rings. The first-order chi connectivity index (χ1) is 8.29. The normalized spacial score (nSPS) is 21.3. The molecule has 0 aromatic rings. The van der Waals surface area contributed by atoms with E-state index in [0.29, 0.717) is 6.04 Å². The molecule has 0 unspecified atom stereocenters. The van der Waals surface area contributed by atoms with Crippen molar-refractivity contribution in [3.05, 3.63) is 12.2 Å². The third-order valence-corrected chi connectivity index (χ3v) is 3.87. The van der Waals surface area contributed by atoms with Gasteiger partial charge in [-0.3, -0.25) is 4.90 Å². The molecule has 0 spiro atoms. The van der Waals surface area contributed by atoms with Gasteiger partial charge >= 0.3 is 0 Å². The van der Waals surface area contributed by atoms with Crippen LogP contribution < -0.4 is 5.32 Å². The minimum absolute atomic E-state index is 0.264. The Hall–Kier alpha value is -0.380. The van der Waals surface area contributed by atoms with E-state index in [1.807, 2.05) is 0 Å². The third kappa shape index (κ3) is 4.41. The van der Waals surface area contributed by atoms with Crippen molar-refractivity contribution in [1.29, 1.82) is 0 Å². The fourth-order valence-electron chi connectivity index (χ4n) is 2.71. The Morgan fingerprint density at radius 2 is 1.94 bits per heavy atom. The van der Waals surface area contributed by atoms with Gasteiger partial charge < -0.3 is 10.4 Å². The smallest absolute Gasteiger partial charge is 0.0558 e. The number of hydrogen-bond acceptors (Lipinski definition) is 3. The van der Waals surface area contributed by atoms with Crippen molar-refractivity contribution < 1.29 is 5.11 Å². The molecular formula is C14H26N2O. The van der Waals surface area contributed by atoms with Crippen molar-refractivity contribution in [1.82, 2.24) is 10.2 Å². The second-order valence-electron chi connectivity index (χ2n) is 5.54. The summed E-state index contributed by atoms with van der Waals surface area (Å²) in [5.74, 6) is 0. The highest BCUT2D eigenvalue weighted by Crippen LogP contribution is 2.24. The second-order valence-corrected chi connectivity index (χ2v) is 5.54. The fourth-order valence-corrected chi connectivity index (χ4v) is 2.71. The molecule has 0 amide bonds. The van der Waals surface area contributed by atoms with Gasteiger partial charge in [0.2, 0.25) is 0 Å². The van der Waals surface area contributed by atoms with Gasteiger partial charge in [0.15, 0.2) is 0 Å². The maximum absolute atomic E-state index is 9.15. The van der Waals surface area contributed by atoms with Crippen molar-refractivity contribution in [3.63, 3.8) is 0 Å². The van der Waals surface area contributed by atoms with Crippen molar-refractivity contribution in [2.75, 3.05) is 26.2 Å². The molecule has 0 aromatic carbocycles. The lowest BCUT2D eigenvalue weighted by molar-refractivity contribution is 0.162. The molecule has 2 aliphatic carbocycles. The van der Waals surface area contributed by atoms with Crippen LogP contribution in [0.1, 0.15) is 38.5 Å². The van der Waals surface area contributed by atoms with Crippen LogP contribution in [0.25, 0.3) is 0 Å². The molecule has 2 aliphatic rings. The summed E-state index contributed by atoms with van der Waals surface area (Å²) in [5, 5.41) is 12.7. The zero-order valence-electron chi connectivity index (χ0n) is 10.8. The van der Waals surface area contributed by atoms with Crippen LogP contribution in [0.5, 0.6) is 0 Å².